The predicted molar refractivity (Wildman–Crippen MR) is 89.6 cm³/mol. The molecule has 0 aromatic heterocycles. The topological polar surface area (TPSA) is 21.3 Å². The first-order chi connectivity index (χ1) is 10.2. The van der Waals surface area contributed by atoms with Crippen LogP contribution >= 0.6 is 0 Å². The van der Waals surface area contributed by atoms with Crippen LogP contribution < -0.4 is 10.1 Å². The molecule has 0 saturated carbocycles. The van der Waals surface area contributed by atoms with Crippen LogP contribution in [-0.2, 0) is 0 Å². The normalized spacial score (nSPS) is 12.5. The Kier molecular flexibility index (Phi) is 5.59. The molecule has 21 heavy (non-hydrogen) atoms. The predicted octanol–water partition coefficient (Wildman–Crippen LogP) is 4.37. The molecule has 0 aliphatic carbocycles. The largest absolute Gasteiger partial charge is 0.497 e. The van der Waals surface area contributed by atoms with E-state index in [0.29, 0.717) is 6.04 Å². The summed E-state index contributed by atoms with van der Waals surface area (Å²) in [6, 6.07) is 17.0. The third-order valence-corrected chi connectivity index (χ3v) is 3.49. The average Bonchev–Trinajstić information content (AvgIpc) is 2.51. The number of hydrogen-bond donors (Lipinski definition) is 1. The molecule has 0 aliphatic heterocycles. The van der Waals surface area contributed by atoms with Gasteiger partial charge in [0.15, 0.2) is 0 Å². The van der Waals surface area contributed by atoms with Gasteiger partial charge < -0.3 is 10.1 Å². The summed E-state index contributed by atoms with van der Waals surface area (Å²) >= 11 is 0. The second-order valence-electron chi connectivity index (χ2n) is 5.22. The van der Waals surface area contributed by atoms with E-state index in [-0.39, 0.29) is 0 Å². The number of benzene rings is 2. The number of hydrogen-bond acceptors (Lipinski definition) is 2. The van der Waals surface area contributed by atoms with Crippen molar-refractivity contribution in [3.05, 3.63) is 71.3 Å². The zero-order valence-corrected chi connectivity index (χ0v) is 13.0. The molecule has 2 nitrogen and oxygen atoms in total. The van der Waals surface area contributed by atoms with Gasteiger partial charge in [-0.25, -0.2) is 0 Å². The molecule has 1 N–H and O–H groups in total. The summed E-state index contributed by atoms with van der Waals surface area (Å²) in [6.45, 7) is 5.11. The molecular formula is C19H23NO. The van der Waals surface area contributed by atoms with Gasteiger partial charge in [-0.15, -0.1) is 0 Å². The van der Waals surface area contributed by atoms with Crippen LogP contribution in [0.5, 0.6) is 5.75 Å². The van der Waals surface area contributed by atoms with Crippen LogP contribution in [0.3, 0.4) is 0 Å². The highest BCUT2D eigenvalue weighted by Gasteiger charge is 2.04. The first-order valence-electron chi connectivity index (χ1n) is 7.29. The molecule has 110 valence electrons. The molecule has 0 heterocycles. The molecule has 2 aromatic rings. The van der Waals surface area contributed by atoms with Crippen molar-refractivity contribution in [2.24, 2.45) is 0 Å². The molecule has 0 spiro atoms. The van der Waals surface area contributed by atoms with Crippen LogP contribution in [0.1, 0.15) is 29.7 Å². The maximum Gasteiger partial charge on any atom is 0.119 e. The minimum atomic E-state index is 0.294. The van der Waals surface area contributed by atoms with E-state index >= 15 is 0 Å². The average molecular weight is 281 g/mol. The number of aryl methyl sites for hydroxylation is 1. The Hall–Kier alpha value is -2.06. The van der Waals surface area contributed by atoms with Gasteiger partial charge in [-0.2, -0.15) is 0 Å². The summed E-state index contributed by atoms with van der Waals surface area (Å²) in [6.07, 6.45) is 4.31. The van der Waals surface area contributed by atoms with E-state index in [1.165, 1.54) is 16.7 Å². The van der Waals surface area contributed by atoms with Crippen LogP contribution in [0.4, 0.5) is 0 Å². The third kappa shape index (κ3) is 4.76. The number of methoxy groups -OCH3 is 1. The molecule has 0 fully saturated rings. The quantitative estimate of drug-likeness (QED) is 0.849. The van der Waals surface area contributed by atoms with E-state index in [4.69, 9.17) is 4.74 Å². The lowest BCUT2D eigenvalue weighted by Gasteiger charge is -2.13. The SMILES string of the molecule is COc1cccc(C(C)NCC=Cc2cccc(C)c2)c1. The number of rotatable bonds is 6. The van der Waals surface area contributed by atoms with Crippen LogP contribution in [0.25, 0.3) is 6.08 Å². The summed E-state index contributed by atoms with van der Waals surface area (Å²) in [5.41, 5.74) is 3.76. The number of ether oxygens (including phenoxy) is 1. The fourth-order valence-corrected chi connectivity index (χ4v) is 2.24. The molecule has 2 heteroatoms. The van der Waals surface area contributed by atoms with Gasteiger partial charge in [0.2, 0.25) is 0 Å². The van der Waals surface area contributed by atoms with Gasteiger partial charge in [0, 0.05) is 12.6 Å². The first kappa shape index (κ1) is 15.3. The van der Waals surface area contributed by atoms with E-state index in [2.05, 4.69) is 67.7 Å². The maximum absolute atomic E-state index is 5.26. The summed E-state index contributed by atoms with van der Waals surface area (Å²) in [5, 5.41) is 3.49. The second-order valence-corrected chi connectivity index (χ2v) is 5.22. The first-order valence-corrected chi connectivity index (χ1v) is 7.29. The highest BCUT2D eigenvalue weighted by atomic mass is 16.5. The van der Waals surface area contributed by atoms with Crippen molar-refractivity contribution < 1.29 is 4.74 Å². The Morgan fingerprint density at radius 1 is 1.14 bits per heavy atom. The molecule has 0 amide bonds. The van der Waals surface area contributed by atoms with Gasteiger partial charge in [0.1, 0.15) is 5.75 Å². The molecule has 0 bridgehead atoms. The van der Waals surface area contributed by atoms with E-state index in [9.17, 15) is 0 Å². The smallest absolute Gasteiger partial charge is 0.119 e. The van der Waals surface area contributed by atoms with E-state index in [1.54, 1.807) is 7.11 Å². The van der Waals surface area contributed by atoms with E-state index in [0.717, 1.165) is 12.3 Å². The van der Waals surface area contributed by atoms with Crippen molar-refractivity contribution in [2.45, 2.75) is 19.9 Å². The zero-order valence-electron chi connectivity index (χ0n) is 13.0. The van der Waals surface area contributed by atoms with Gasteiger partial charge in [-0.05, 0) is 37.1 Å². The van der Waals surface area contributed by atoms with Gasteiger partial charge in [-0.1, -0.05) is 54.1 Å². The Labute approximate surface area is 127 Å². The highest BCUT2D eigenvalue weighted by Crippen LogP contribution is 2.18. The van der Waals surface area contributed by atoms with Crippen LogP contribution in [-0.4, -0.2) is 13.7 Å². The second kappa shape index (κ2) is 7.65. The summed E-state index contributed by atoms with van der Waals surface area (Å²) in [4.78, 5) is 0. The number of nitrogens with one attached hydrogen (secondary N) is 1. The van der Waals surface area contributed by atoms with Crippen LogP contribution in [0, 0.1) is 6.92 Å². The Balaban J connectivity index is 1.87. The fourth-order valence-electron chi connectivity index (χ4n) is 2.24. The van der Waals surface area contributed by atoms with Crippen molar-refractivity contribution in [2.75, 3.05) is 13.7 Å². The summed E-state index contributed by atoms with van der Waals surface area (Å²) in [5.74, 6) is 0.899. The van der Waals surface area contributed by atoms with Crippen molar-refractivity contribution in [1.29, 1.82) is 0 Å². The van der Waals surface area contributed by atoms with Crippen LogP contribution in [0.15, 0.2) is 54.6 Å². The van der Waals surface area contributed by atoms with Crippen molar-refractivity contribution in [1.82, 2.24) is 5.32 Å². The van der Waals surface area contributed by atoms with Crippen molar-refractivity contribution in [3.8, 4) is 5.75 Å². The summed E-state index contributed by atoms with van der Waals surface area (Å²) < 4.78 is 5.26. The molecule has 1 atom stereocenters. The lowest BCUT2D eigenvalue weighted by Crippen LogP contribution is -2.18. The van der Waals surface area contributed by atoms with Gasteiger partial charge in [-0.3, -0.25) is 0 Å². The third-order valence-electron chi connectivity index (χ3n) is 3.49. The van der Waals surface area contributed by atoms with Gasteiger partial charge in [0.05, 0.1) is 7.11 Å². The maximum atomic E-state index is 5.26. The Morgan fingerprint density at radius 2 is 1.95 bits per heavy atom. The summed E-state index contributed by atoms with van der Waals surface area (Å²) in [7, 11) is 1.70. The van der Waals surface area contributed by atoms with Crippen LogP contribution in [0.2, 0.25) is 0 Å². The Morgan fingerprint density at radius 3 is 2.71 bits per heavy atom. The van der Waals surface area contributed by atoms with Gasteiger partial charge >= 0.3 is 0 Å². The Bertz CT molecular complexity index is 604. The standard InChI is InChI=1S/C19H23NO/c1-15-7-4-8-17(13-15)9-6-12-20-16(2)18-10-5-11-19(14-18)21-3/h4-11,13-14,16,20H,12H2,1-3H3. The monoisotopic (exact) mass is 281 g/mol. The molecule has 0 aliphatic rings. The highest BCUT2D eigenvalue weighted by molar-refractivity contribution is 5.50. The van der Waals surface area contributed by atoms with E-state index in [1.807, 2.05) is 12.1 Å². The van der Waals surface area contributed by atoms with E-state index < -0.39 is 0 Å². The molecular weight excluding hydrogens is 258 g/mol. The molecule has 2 aromatic carbocycles. The molecule has 1 unspecified atom stereocenters. The zero-order chi connectivity index (χ0) is 15.1. The minimum Gasteiger partial charge on any atom is -0.497 e. The lowest BCUT2D eigenvalue weighted by molar-refractivity contribution is 0.413. The van der Waals surface area contributed by atoms with Crippen molar-refractivity contribution >= 4 is 6.08 Å². The fraction of sp³-hybridized carbons (Fsp3) is 0.263. The minimum absolute atomic E-state index is 0.294. The molecule has 0 radical (unpaired) electrons. The molecule has 2 rings (SSSR count). The lowest BCUT2D eigenvalue weighted by atomic mass is 10.1. The van der Waals surface area contributed by atoms with Crippen molar-refractivity contribution in [3.63, 3.8) is 0 Å². The molecule has 0 saturated heterocycles. The van der Waals surface area contributed by atoms with Gasteiger partial charge in [0.25, 0.3) is 0 Å².